The van der Waals surface area contributed by atoms with Crippen LogP contribution in [0.15, 0.2) is 47.4 Å². The van der Waals surface area contributed by atoms with Gasteiger partial charge in [-0.05, 0) is 50.1 Å². The van der Waals surface area contributed by atoms with Crippen LogP contribution in [0.5, 0.6) is 0 Å². The lowest BCUT2D eigenvalue weighted by Crippen LogP contribution is -2.49. The van der Waals surface area contributed by atoms with E-state index in [1.807, 2.05) is 6.92 Å². The molecule has 0 spiro atoms. The Hall–Kier alpha value is -1.96. The highest BCUT2D eigenvalue weighted by atomic mass is 35.5. The molecular weight excluding hydrogens is 391 g/mol. The first kappa shape index (κ1) is 19.8. The number of carbonyl (C=O) groups excluding carboxylic acids is 1. The number of nitrogens with one attached hydrogen (secondary N) is 1. The number of anilines is 1. The summed E-state index contributed by atoms with van der Waals surface area (Å²) in [5.74, 6) is -1.22. The fraction of sp³-hybridized carbons (Fsp3) is 0.316. The van der Waals surface area contributed by atoms with Crippen molar-refractivity contribution in [2.24, 2.45) is 0 Å². The molecule has 2 aromatic rings. The molecule has 0 radical (unpaired) electrons. The number of amides is 1. The molecular formula is C19H20ClFN2O3S. The molecule has 3 rings (SSSR count). The van der Waals surface area contributed by atoms with Gasteiger partial charge in [0.2, 0.25) is 15.9 Å². The van der Waals surface area contributed by atoms with Gasteiger partial charge < -0.3 is 5.32 Å². The summed E-state index contributed by atoms with van der Waals surface area (Å²) in [5.41, 5.74) is 0.919. The maximum atomic E-state index is 14.0. The van der Waals surface area contributed by atoms with E-state index in [9.17, 15) is 17.6 Å². The molecule has 1 N–H and O–H groups in total. The Morgan fingerprint density at radius 3 is 2.56 bits per heavy atom. The van der Waals surface area contributed by atoms with Gasteiger partial charge in [0.15, 0.2) is 0 Å². The predicted molar refractivity (Wildman–Crippen MR) is 103 cm³/mol. The zero-order valence-corrected chi connectivity index (χ0v) is 16.4. The number of carbonyl (C=O) groups is 1. The minimum absolute atomic E-state index is 0.0253. The molecule has 144 valence electrons. The largest absolute Gasteiger partial charge is 0.322 e. The Labute approximate surface area is 163 Å². The van der Waals surface area contributed by atoms with Gasteiger partial charge in [-0.3, -0.25) is 4.79 Å². The van der Waals surface area contributed by atoms with E-state index in [1.165, 1.54) is 28.6 Å². The molecule has 2 aromatic carbocycles. The molecule has 27 heavy (non-hydrogen) atoms. The molecule has 1 atom stereocenters. The second-order valence-corrected chi connectivity index (χ2v) is 8.88. The van der Waals surface area contributed by atoms with E-state index in [-0.39, 0.29) is 22.2 Å². The Morgan fingerprint density at radius 1 is 1.19 bits per heavy atom. The Bertz CT molecular complexity index is 948. The van der Waals surface area contributed by atoms with Crippen LogP contribution in [0, 0.1) is 12.7 Å². The Kier molecular flexibility index (Phi) is 5.83. The van der Waals surface area contributed by atoms with E-state index in [4.69, 9.17) is 11.6 Å². The number of hydrogen-bond donors (Lipinski definition) is 1. The standard InChI is InChI=1S/C19H20ClFN2O3S/c1-13-5-8-15(9-6-13)27(25,26)23-11-3-2-4-18(23)19(24)22-17-10-7-14(20)12-16(17)21/h5-10,12,18H,2-4,11H2,1H3,(H,22,24)/t18-/m1/s1. The highest BCUT2D eigenvalue weighted by Gasteiger charge is 2.37. The van der Waals surface area contributed by atoms with E-state index in [0.29, 0.717) is 12.8 Å². The highest BCUT2D eigenvalue weighted by Crippen LogP contribution is 2.27. The fourth-order valence-electron chi connectivity index (χ4n) is 3.11. The SMILES string of the molecule is Cc1ccc(S(=O)(=O)N2CCCC[C@@H]2C(=O)Nc2ccc(Cl)cc2F)cc1. The number of piperidine rings is 1. The van der Waals surface area contributed by atoms with Crippen molar-refractivity contribution in [3.8, 4) is 0 Å². The maximum Gasteiger partial charge on any atom is 0.243 e. The van der Waals surface area contributed by atoms with Gasteiger partial charge in [0.1, 0.15) is 11.9 Å². The molecule has 0 bridgehead atoms. The van der Waals surface area contributed by atoms with Crippen molar-refractivity contribution in [3.63, 3.8) is 0 Å². The van der Waals surface area contributed by atoms with Crippen LogP contribution in [0.3, 0.4) is 0 Å². The quantitative estimate of drug-likeness (QED) is 0.829. The topological polar surface area (TPSA) is 66.5 Å². The molecule has 0 aliphatic carbocycles. The van der Waals surface area contributed by atoms with Gasteiger partial charge in [-0.15, -0.1) is 0 Å². The smallest absolute Gasteiger partial charge is 0.243 e. The predicted octanol–water partition coefficient (Wildman–Crippen LogP) is 3.97. The molecule has 5 nitrogen and oxygen atoms in total. The van der Waals surface area contributed by atoms with Gasteiger partial charge in [-0.25, -0.2) is 12.8 Å². The Balaban J connectivity index is 1.86. The molecule has 1 amide bonds. The molecule has 1 fully saturated rings. The van der Waals surface area contributed by atoms with E-state index in [1.54, 1.807) is 12.1 Å². The molecule has 0 unspecified atom stereocenters. The van der Waals surface area contributed by atoms with Crippen LogP contribution in [-0.2, 0) is 14.8 Å². The fourth-order valence-corrected chi connectivity index (χ4v) is 4.92. The number of halogens is 2. The van der Waals surface area contributed by atoms with Crippen molar-refractivity contribution >= 4 is 33.2 Å². The highest BCUT2D eigenvalue weighted by molar-refractivity contribution is 7.89. The lowest BCUT2D eigenvalue weighted by atomic mass is 10.0. The summed E-state index contributed by atoms with van der Waals surface area (Å²) >= 11 is 5.72. The molecule has 8 heteroatoms. The molecule has 1 heterocycles. The molecule has 1 aliphatic rings. The third-order valence-electron chi connectivity index (χ3n) is 4.57. The van der Waals surface area contributed by atoms with Crippen LogP contribution in [0.4, 0.5) is 10.1 Å². The van der Waals surface area contributed by atoms with Gasteiger partial charge in [0.25, 0.3) is 0 Å². The first-order valence-corrected chi connectivity index (χ1v) is 10.5. The average molecular weight is 411 g/mol. The Morgan fingerprint density at radius 2 is 1.89 bits per heavy atom. The van der Waals surface area contributed by atoms with Crippen molar-refractivity contribution < 1.29 is 17.6 Å². The van der Waals surface area contributed by atoms with Crippen molar-refractivity contribution in [2.45, 2.75) is 37.1 Å². The second-order valence-electron chi connectivity index (χ2n) is 6.55. The summed E-state index contributed by atoms with van der Waals surface area (Å²) < 4.78 is 41.3. The minimum atomic E-state index is -3.82. The van der Waals surface area contributed by atoms with Crippen LogP contribution in [0.2, 0.25) is 5.02 Å². The van der Waals surface area contributed by atoms with Gasteiger partial charge in [-0.2, -0.15) is 4.31 Å². The van der Waals surface area contributed by atoms with Crippen LogP contribution in [0.1, 0.15) is 24.8 Å². The van der Waals surface area contributed by atoms with Gasteiger partial charge in [0.05, 0.1) is 10.6 Å². The number of sulfonamides is 1. The van der Waals surface area contributed by atoms with Crippen LogP contribution < -0.4 is 5.32 Å². The summed E-state index contributed by atoms with van der Waals surface area (Å²) in [5, 5.41) is 2.71. The normalized spacial score (nSPS) is 18.3. The van der Waals surface area contributed by atoms with Gasteiger partial charge in [0, 0.05) is 11.6 Å². The lowest BCUT2D eigenvalue weighted by molar-refractivity contribution is -0.120. The number of aryl methyl sites for hydroxylation is 1. The van der Waals surface area contributed by atoms with Crippen LogP contribution in [0.25, 0.3) is 0 Å². The first-order chi connectivity index (χ1) is 12.8. The van der Waals surface area contributed by atoms with E-state index >= 15 is 0 Å². The third-order valence-corrected chi connectivity index (χ3v) is 6.73. The van der Waals surface area contributed by atoms with Crippen molar-refractivity contribution in [3.05, 3.63) is 58.9 Å². The number of nitrogens with zero attached hydrogens (tertiary/aromatic N) is 1. The monoisotopic (exact) mass is 410 g/mol. The summed E-state index contributed by atoms with van der Waals surface area (Å²) in [7, 11) is -3.82. The number of benzene rings is 2. The zero-order chi connectivity index (χ0) is 19.6. The third kappa shape index (κ3) is 4.31. The summed E-state index contributed by atoms with van der Waals surface area (Å²) in [6.07, 6.45) is 1.78. The van der Waals surface area contributed by atoms with E-state index in [0.717, 1.165) is 18.1 Å². The number of hydrogen-bond acceptors (Lipinski definition) is 3. The lowest BCUT2D eigenvalue weighted by Gasteiger charge is -2.33. The van der Waals surface area contributed by atoms with Gasteiger partial charge in [-0.1, -0.05) is 35.7 Å². The van der Waals surface area contributed by atoms with E-state index in [2.05, 4.69) is 5.32 Å². The number of rotatable bonds is 4. The molecule has 0 saturated carbocycles. The minimum Gasteiger partial charge on any atom is -0.322 e. The van der Waals surface area contributed by atoms with E-state index < -0.39 is 27.8 Å². The summed E-state index contributed by atoms with van der Waals surface area (Å²) in [6, 6.07) is 9.53. The summed E-state index contributed by atoms with van der Waals surface area (Å²) in [6.45, 7) is 2.12. The molecule has 1 saturated heterocycles. The first-order valence-electron chi connectivity index (χ1n) is 8.63. The van der Waals surface area contributed by atoms with Crippen LogP contribution >= 0.6 is 11.6 Å². The zero-order valence-electron chi connectivity index (χ0n) is 14.8. The van der Waals surface area contributed by atoms with Gasteiger partial charge >= 0.3 is 0 Å². The van der Waals surface area contributed by atoms with Crippen LogP contribution in [-0.4, -0.2) is 31.2 Å². The molecule has 0 aromatic heterocycles. The average Bonchev–Trinajstić information content (AvgIpc) is 2.64. The van der Waals surface area contributed by atoms with Crippen molar-refractivity contribution in [1.82, 2.24) is 4.31 Å². The van der Waals surface area contributed by atoms with Crippen molar-refractivity contribution in [1.29, 1.82) is 0 Å². The molecule has 1 aliphatic heterocycles. The van der Waals surface area contributed by atoms with Crippen molar-refractivity contribution in [2.75, 3.05) is 11.9 Å². The maximum absolute atomic E-state index is 14.0. The summed E-state index contributed by atoms with van der Waals surface area (Å²) in [4.78, 5) is 12.9. The second kappa shape index (κ2) is 7.96.